The molecule has 0 spiro atoms. The maximum Gasteiger partial charge on any atom is 0.191 e. The molecule has 2 heterocycles. The van der Waals surface area contributed by atoms with Crippen molar-refractivity contribution in [2.75, 3.05) is 32.1 Å². The van der Waals surface area contributed by atoms with Crippen molar-refractivity contribution in [1.29, 1.82) is 0 Å². The Balaban J connectivity index is 1.28. The lowest BCUT2D eigenvalue weighted by Crippen LogP contribution is -2.44. The molecule has 4 rings (SSSR count). The fourth-order valence-electron chi connectivity index (χ4n) is 3.92. The van der Waals surface area contributed by atoms with Crippen LogP contribution in [0.2, 0.25) is 0 Å². The summed E-state index contributed by atoms with van der Waals surface area (Å²) >= 11 is 0. The number of benzene rings is 2. The summed E-state index contributed by atoms with van der Waals surface area (Å²) in [5.74, 6) is 1.72. The summed E-state index contributed by atoms with van der Waals surface area (Å²) in [7, 11) is 3.53. The van der Waals surface area contributed by atoms with Crippen LogP contribution in [0.1, 0.15) is 17.5 Å². The molecule has 1 fully saturated rings. The minimum Gasteiger partial charge on any atom is -0.495 e. The van der Waals surface area contributed by atoms with Crippen molar-refractivity contribution in [2.24, 2.45) is 4.99 Å². The third-order valence-corrected chi connectivity index (χ3v) is 5.51. The molecule has 7 heteroatoms. The first kappa shape index (κ1) is 20.8. The summed E-state index contributed by atoms with van der Waals surface area (Å²) in [4.78, 5) is 6.76. The Morgan fingerprint density at radius 3 is 2.74 bits per heavy atom. The van der Waals surface area contributed by atoms with Crippen LogP contribution in [-0.2, 0) is 13.1 Å². The molecule has 0 radical (unpaired) electrons. The van der Waals surface area contributed by atoms with Gasteiger partial charge in [-0.1, -0.05) is 42.5 Å². The molecule has 0 amide bonds. The average Bonchev–Trinajstić information content (AvgIpc) is 3.46. The molecule has 1 aliphatic rings. The van der Waals surface area contributed by atoms with E-state index in [9.17, 15) is 0 Å². The van der Waals surface area contributed by atoms with Gasteiger partial charge in [0.25, 0.3) is 0 Å². The Bertz CT molecular complexity index is 1000. The van der Waals surface area contributed by atoms with E-state index in [0.29, 0.717) is 12.6 Å². The third-order valence-electron chi connectivity index (χ3n) is 5.51. The van der Waals surface area contributed by atoms with Crippen LogP contribution in [-0.4, -0.2) is 49.0 Å². The van der Waals surface area contributed by atoms with E-state index >= 15 is 0 Å². The topological polar surface area (TPSA) is 66.7 Å². The maximum atomic E-state index is 5.52. The number of para-hydroxylation sites is 2. The first-order valence-electron chi connectivity index (χ1n) is 10.7. The van der Waals surface area contributed by atoms with Crippen LogP contribution in [0.5, 0.6) is 5.75 Å². The SMILES string of the molecule is CN=C(NCc1cnn(Cc2ccccc2)c1)NC1CCN(c2ccccc2OC)C1. The number of aliphatic imine (C=N–C) groups is 1. The second-order valence-corrected chi connectivity index (χ2v) is 7.71. The van der Waals surface area contributed by atoms with Crippen LogP contribution in [0.25, 0.3) is 0 Å². The molecule has 1 atom stereocenters. The second-order valence-electron chi connectivity index (χ2n) is 7.71. The molecule has 0 saturated carbocycles. The van der Waals surface area contributed by atoms with Gasteiger partial charge in [0.1, 0.15) is 5.75 Å². The highest BCUT2D eigenvalue weighted by molar-refractivity contribution is 5.80. The van der Waals surface area contributed by atoms with Gasteiger partial charge in [0, 0.05) is 44.5 Å². The maximum absolute atomic E-state index is 5.52. The highest BCUT2D eigenvalue weighted by Crippen LogP contribution is 2.30. The van der Waals surface area contributed by atoms with Crippen LogP contribution >= 0.6 is 0 Å². The Hall–Kier alpha value is -3.48. The largest absolute Gasteiger partial charge is 0.495 e. The van der Waals surface area contributed by atoms with Crippen molar-refractivity contribution in [2.45, 2.75) is 25.6 Å². The molecule has 3 aromatic rings. The Morgan fingerprint density at radius 2 is 1.94 bits per heavy atom. The Morgan fingerprint density at radius 1 is 1.13 bits per heavy atom. The van der Waals surface area contributed by atoms with Crippen molar-refractivity contribution < 1.29 is 4.74 Å². The predicted molar refractivity (Wildman–Crippen MR) is 125 cm³/mol. The highest BCUT2D eigenvalue weighted by atomic mass is 16.5. The van der Waals surface area contributed by atoms with Gasteiger partial charge in [-0.05, 0) is 24.1 Å². The lowest BCUT2D eigenvalue weighted by atomic mass is 10.2. The number of rotatable bonds is 7. The van der Waals surface area contributed by atoms with Crippen molar-refractivity contribution in [3.63, 3.8) is 0 Å². The molecule has 2 aromatic carbocycles. The van der Waals surface area contributed by atoms with Crippen LogP contribution in [0.3, 0.4) is 0 Å². The summed E-state index contributed by atoms with van der Waals surface area (Å²) in [6.07, 6.45) is 5.03. The zero-order valence-corrected chi connectivity index (χ0v) is 18.2. The number of nitrogens with zero attached hydrogens (tertiary/aromatic N) is 4. The minimum atomic E-state index is 0.330. The van der Waals surface area contributed by atoms with E-state index in [1.807, 2.05) is 29.1 Å². The fourth-order valence-corrected chi connectivity index (χ4v) is 3.92. The summed E-state index contributed by atoms with van der Waals surface area (Å²) in [6, 6.07) is 18.9. The van der Waals surface area contributed by atoms with Crippen LogP contribution < -0.4 is 20.3 Å². The number of hydrogen-bond acceptors (Lipinski definition) is 4. The third kappa shape index (κ3) is 5.36. The van der Waals surface area contributed by atoms with E-state index in [2.05, 4.69) is 68.2 Å². The zero-order chi connectivity index (χ0) is 21.5. The molecule has 7 nitrogen and oxygen atoms in total. The Labute approximate surface area is 183 Å². The molecular weight excluding hydrogens is 388 g/mol. The van der Waals surface area contributed by atoms with Crippen molar-refractivity contribution in [3.05, 3.63) is 78.1 Å². The molecular formula is C24H30N6O. The van der Waals surface area contributed by atoms with Crippen molar-refractivity contribution >= 4 is 11.6 Å². The quantitative estimate of drug-likeness (QED) is 0.456. The van der Waals surface area contributed by atoms with Crippen molar-refractivity contribution in [3.8, 4) is 5.75 Å². The van der Waals surface area contributed by atoms with E-state index in [1.165, 1.54) is 5.56 Å². The normalized spacial score (nSPS) is 16.4. The zero-order valence-electron chi connectivity index (χ0n) is 18.2. The van der Waals surface area contributed by atoms with Gasteiger partial charge in [-0.2, -0.15) is 5.10 Å². The van der Waals surface area contributed by atoms with Crippen LogP contribution in [0, 0.1) is 0 Å². The van der Waals surface area contributed by atoms with E-state index in [1.54, 1.807) is 14.2 Å². The number of hydrogen-bond donors (Lipinski definition) is 2. The van der Waals surface area contributed by atoms with Gasteiger partial charge in [-0.3, -0.25) is 9.67 Å². The van der Waals surface area contributed by atoms with Crippen LogP contribution in [0.4, 0.5) is 5.69 Å². The Kier molecular flexibility index (Phi) is 6.72. The van der Waals surface area contributed by atoms with Gasteiger partial charge < -0.3 is 20.3 Å². The number of nitrogens with one attached hydrogen (secondary N) is 2. The molecule has 1 unspecified atom stereocenters. The summed E-state index contributed by atoms with van der Waals surface area (Å²) in [5, 5.41) is 11.4. The van der Waals surface area contributed by atoms with E-state index < -0.39 is 0 Å². The minimum absolute atomic E-state index is 0.330. The smallest absolute Gasteiger partial charge is 0.191 e. The van der Waals surface area contributed by atoms with E-state index in [0.717, 1.165) is 49.0 Å². The molecule has 1 saturated heterocycles. The summed E-state index contributed by atoms with van der Waals surface area (Å²) < 4.78 is 7.48. The first-order chi connectivity index (χ1) is 15.2. The molecule has 162 valence electrons. The fraction of sp³-hybridized carbons (Fsp3) is 0.333. The second kappa shape index (κ2) is 10.0. The lowest BCUT2D eigenvalue weighted by Gasteiger charge is -2.22. The molecule has 1 aliphatic heterocycles. The van der Waals surface area contributed by atoms with Gasteiger partial charge in [0.05, 0.1) is 25.5 Å². The summed E-state index contributed by atoms with van der Waals surface area (Å²) in [6.45, 7) is 3.35. The number of methoxy groups -OCH3 is 1. The number of guanidine groups is 1. The molecule has 0 aliphatic carbocycles. The van der Waals surface area contributed by atoms with Crippen LogP contribution in [0.15, 0.2) is 72.0 Å². The molecule has 0 bridgehead atoms. The number of aromatic nitrogens is 2. The van der Waals surface area contributed by atoms with Gasteiger partial charge in [0.2, 0.25) is 0 Å². The van der Waals surface area contributed by atoms with E-state index in [4.69, 9.17) is 4.74 Å². The number of anilines is 1. The van der Waals surface area contributed by atoms with Gasteiger partial charge in [0.15, 0.2) is 5.96 Å². The van der Waals surface area contributed by atoms with Gasteiger partial charge >= 0.3 is 0 Å². The van der Waals surface area contributed by atoms with Crippen molar-refractivity contribution in [1.82, 2.24) is 20.4 Å². The number of ether oxygens (including phenoxy) is 1. The first-order valence-corrected chi connectivity index (χ1v) is 10.7. The molecule has 31 heavy (non-hydrogen) atoms. The summed E-state index contributed by atoms with van der Waals surface area (Å²) in [5.41, 5.74) is 3.51. The van der Waals surface area contributed by atoms with Gasteiger partial charge in [-0.15, -0.1) is 0 Å². The highest BCUT2D eigenvalue weighted by Gasteiger charge is 2.25. The van der Waals surface area contributed by atoms with Gasteiger partial charge in [-0.25, -0.2) is 0 Å². The average molecular weight is 419 g/mol. The standard InChI is InChI=1S/C24H30N6O/c1-25-24(26-14-20-15-27-30(17-20)16-19-8-4-3-5-9-19)28-21-12-13-29(18-21)22-10-6-7-11-23(22)31-2/h3-11,15,17,21H,12-14,16,18H2,1-2H3,(H2,25,26,28). The van der Waals surface area contributed by atoms with E-state index in [-0.39, 0.29) is 0 Å². The lowest BCUT2D eigenvalue weighted by molar-refractivity contribution is 0.415. The monoisotopic (exact) mass is 418 g/mol. The molecule has 1 aromatic heterocycles. The predicted octanol–water partition coefficient (Wildman–Crippen LogP) is 2.88. The molecule has 2 N–H and O–H groups in total.